The molecule has 1 aliphatic rings. The second-order valence-corrected chi connectivity index (χ2v) is 3.95. The highest BCUT2D eigenvalue weighted by atomic mass is 127. The Morgan fingerprint density at radius 2 is 2.00 bits per heavy atom. The molecule has 0 bridgehead atoms. The fourth-order valence-electron chi connectivity index (χ4n) is 1.23. The molecule has 70 valence electrons. The zero-order valence-electron chi connectivity index (χ0n) is 6.87. The first kappa shape index (κ1) is 9.23. The summed E-state index contributed by atoms with van der Waals surface area (Å²) in [7, 11) is 0. The van der Waals surface area contributed by atoms with Gasteiger partial charge in [-0.05, 0) is 34.7 Å². The first-order valence-electron chi connectivity index (χ1n) is 3.99. The van der Waals surface area contributed by atoms with Crippen LogP contribution < -0.4 is 0 Å². The summed E-state index contributed by atoms with van der Waals surface area (Å²) < 4.78 is 11.4. The third-order valence-corrected chi connectivity index (χ3v) is 2.78. The molecular weight excluding hydrogens is 283 g/mol. The molecule has 1 N–H and O–H groups in total. The predicted octanol–water partition coefficient (Wildman–Crippen LogP) is 2.04. The third kappa shape index (κ3) is 1.95. The van der Waals surface area contributed by atoms with Gasteiger partial charge in [0.05, 0.1) is 16.8 Å². The summed E-state index contributed by atoms with van der Waals surface area (Å²) in [5, 5.41) is 9.44. The summed E-state index contributed by atoms with van der Waals surface area (Å²) >= 11 is 2.07. The predicted molar refractivity (Wildman–Crippen MR) is 55.5 cm³/mol. The van der Waals surface area contributed by atoms with Gasteiger partial charge >= 0.3 is 0 Å². The zero-order valence-corrected chi connectivity index (χ0v) is 9.02. The standard InChI is InChI=1S/C9H9IO3/c10-7-2-1-6(5-8(7)11)9-12-3-4-13-9/h1-2,5,9,11H,3-4H2. The number of aromatic hydroxyl groups is 1. The lowest BCUT2D eigenvalue weighted by molar-refractivity contribution is -0.0442. The van der Waals surface area contributed by atoms with Gasteiger partial charge in [0.2, 0.25) is 0 Å². The van der Waals surface area contributed by atoms with E-state index in [9.17, 15) is 5.11 Å². The van der Waals surface area contributed by atoms with Gasteiger partial charge in [-0.15, -0.1) is 0 Å². The Labute approximate surface area is 89.8 Å². The molecule has 2 rings (SSSR count). The molecule has 1 heterocycles. The minimum absolute atomic E-state index is 0.275. The van der Waals surface area contributed by atoms with E-state index in [1.807, 2.05) is 12.1 Å². The molecule has 1 aromatic carbocycles. The Morgan fingerprint density at radius 1 is 1.31 bits per heavy atom. The van der Waals surface area contributed by atoms with Crippen LogP contribution in [0.15, 0.2) is 18.2 Å². The monoisotopic (exact) mass is 292 g/mol. The fraction of sp³-hybridized carbons (Fsp3) is 0.333. The van der Waals surface area contributed by atoms with Gasteiger partial charge in [-0.3, -0.25) is 0 Å². The molecule has 1 aliphatic heterocycles. The Balaban J connectivity index is 2.25. The maximum absolute atomic E-state index is 9.44. The van der Waals surface area contributed by atoms with Crippen LogP contribution in [0.25, 0.3) is 0 Å². The van der Waals surface area contributed by atoms with Crippen molar-refractivity contribution in [3.8, 4) is 5.75 Å². The molecule has 0 amide bonds. The normalized spacial score (nSPS) is 17.9. The maximum Gasteiger partial charge on any atom is 0.184 e. The number of hydrogen-bond donors (Lipinski definition) is 1. The van der Waals surface area contributed by atoms with Crippen molar-refractivity contribution < 1.29 is 14.6 Å². The average Bonchev–Trinajstić information content (AvgIpc) is 2.62. The van der Waals surface area contributed by atoms with Crippen molar-refractivity contribution in [3.05, 3.63) is 27.3 Å². The SMILES string of the molecule is Oc1cc(C2OCCO2)ccc1I. The van der Waals surface area contributed by atoms with Crippen LogP contribution in [0.1, 0.15) is 11.9 Å². The van der Waals surface area contributed by atoms with Crippen LogP contribution in [-0.4, -0.2) is 18.3 Å². The summed E-state index contributed by atoms with van der Waals surface area (Å²) in [6, 6.07) is 5.42. The van der Waals surface area contributed by atoms with Gasteiger partial charge in [0.15, 0.2) is 6.29 Å². The van der Waals surface area contributed by atoms with E-state index in [2.05, 4.69) is 22.6 Å². The van der Waals surface area contributed by atoms with Crippen LogP contribution in [0.2, 0.25) is 0 Å². The maximum atomic E-state index is 9.44. The van der Waals surface area contributed by atoms with Gasteiger partial charge in [0.25, 0.3) is 0 Å². The molecule has 0 radical (unpaired) electrons. The number of rotatable bonds is 1. The zero-order chi connectivity index (χ0) is 9.26. The van der Waals surface area contributed by atoms with Crippen LogP contribution in [0.3, 0.4) is 0 Å². The van der Waals surface area contributed by atoms with Crippen molar-refractivity contribution in [2.24, 2.45) is 0 Å². The first-order chi connectivity index (χ1) is 6.27. The Morgan fingerprint density at radius 3 is 2.62 bits per heavy atom. The topological polar surface area (TPSA) is 38.7 Å². The second-order valence-electron chi connectivity index (χ2n) is 2.78. The van der Waals surface area contributed by atoms with Crippen LogP contribution in [0, 0.1) is 3.57 Å². The average molecular weight is 292 g/mol. The Kier molecular flexibility index (Phi) is 2.71. The van der Waals surface area contributed by atoms with Crippen molar-refractivity contribution >= 4 is 22.6 Å². The third-order valence-electron chi connectivity index (χ3n) is 1.86. The van der Waals surface area contributed by atoms with E-state index in [1.165, 1.54) is 0 Å². The number of hydrogen-bond acceptors (Lipinski definition) is 3. The minimum Gasteiger partial charge on any atom is -0.507 e. The molecule has 0 aromatic heterocycles. The van der Waals surface area contributed by atoms with E-state index in [4.69, 9.17) is 9.47 Å². The lowest BCUT2D eigenvalue weighted by Gasteiger charge is -2.09. The highest BCUT2D eigenvalue weighted by Crippen LogP contribution is 2.28. The van der Waals surface area contributed by atoms with Crippen LogP contribution in [0.4, 0.5) is 0 Å². The molecule has 1 aromatic rings. The molecule has 4 heteroatoms. The molecule has 0 unspecified atom stereocenters. The van der Waals surface area contributed by atoms with E-state index in [1.54, 1.807) is 6.07 Å². The van der Waals surface area contributed by atoms with E-state index in [0.29, 0.717) is 13.2 Å². The van der Waals surface area contributed by atoms with Gasteiger partial charge in [-0.2, -0.15) is 0 Å². The van der Waals surface area contributed by atoms with Crippen LogP contribution in [-0.2, 0) is 9.47 Å². The van der Waals surface area contributed by atoms with Crippen LogP contribution >= 0.6 is 22.6 Å². The molecule has 0 spiro atoms. The smallest absolute Gasteiger partial charge is 0.184 e. The lowest BCUT2D eigenvalue weighted by Crippen LogP contribution is -1.97. The van der Waals surface area contributed by atoms with Gasteiger partial charge in [-0.1, -0.05) is 6.07 Å². The summed E-state index contributed by atoms with van der Waals surface area (Å²) in [6.45, 7) is 1.24. The number of phenols is 1. The molecule has 13 heavy (non-hydrogen) atoms. The van der Waals surface area contributed by atoms with Crippen molar-refractivity contribution in [1.82, 2.24) is 0 Å². The number of ether oxygens (including phenoxy) is 2. The second kappa shape index (κ2) is 3.81. The molecule has 0 aliphatic carbocycles. The van der Waals surface area contributed by atoms with Gasteiger partial charge in [-0.25, -0.2) is 0 Å². The van der Waals surface area contributed by atoms with Crippen molar-refractivity contribution in [2.75, 3.05) is 13.2 Å². The lowest BCUT2D eigenvalue weighted by atomic mass is 10.2. The summed E-state index contributed by atoms with van der Waals surface area (Å²) in [5.41, 5.74) is 0.871. The van der Waals surface area contributed by atoms with Gasteiger partial charge < -0.3 is 14.6 Å². The van der Waals surface area contributed by atoms with Crippen molar-refractivity contribution in [1.29, 1.82) is 0 Å². The first-order valence-corrected chi connectivity index (χ1v) is 5.07. The van der Waals surface area contributed by atoms with E-state index >= 15 is 0 Å². The van der Waals surface area contributed by atoms with E-state index < -0.39 is 0 Å². The molecule has 0 saturated carbocycles. The summed E-state index contributed by atoms with van der Waals surface area (Å²) in [5.74, 6) is 0.275. The summed E-state index contributed by atoms with van der Waals surface area (Å²) in [6.07, 6.45) is -0.303. The van der Waals surface area contributed by atoms with E-state index in [0.717, 1.165) is 9.13 Å². The largest absolute Gasteiger partial charge is 0.507 e. The Hall–Kier alpha value is -0.330. The van der Waals surface area contributed by atoms with E-state index in [-0.39, 0.29) is 12.0 Å². The fourth-order valence-corrected chi connectivity index (χ4v) is 1.56. The summed E-state index contributed by atoms with van der Waals surface area (Å²) in [4.78, 5) is 0. The number of halogens is 1. The minimum atomic E-state index is -0.303. The highest BCUT2D eigenvalue weighted by molar-refractivity contribution is 14.1. The quantitative estimate of drug-likeness (QED) is 0.805. The van der Waals surface area contributed by atoms with Gasteiger partial charge in [0, 0.05) is 5.56 Å². The highest BCUT2D eigenvalue weighted by Gasteiger charge is 2.18. The van der Waals surface area contributed by atoms with Crippen LogP contribution in [0.5, 0.6) is 5.75 Å². The Bertz CT molecular complexity index is 308. The number of benzene rings is 1. The molecule has 3 nitrogen and oxygen atoms in total. The number of phenolic OH excluding ortho intramolecular Hbond substituents is 1. The molecule has 0 atom stereocenters. The molecule has 1 fully saturated rings. The van der Waals surface area contributed by atoms with Gasteiger partial charge in [0.1, 0.15) is 5.75 Å². The van der Waals surface area contributed by atoms with Crippen molar-refractivity contribution in [2.45, 2.75) is 6.29 Å². The molecule has 1 saturated heterocycles. The van der Waals surface area contributed by atoms with Crippen molar-refractivity contribution in [3.63, 3.8) is 0 Å². The molecular formula is C9H9IO3.